The van der Waals surface area contributed by atoms with Crippen molar-refractivity contribution in [3.63, 3.8) is 0 Å². The number of carbonyl (C=O) groups excluding carboxylic acids is 3. The van der Waals surface area contributed by atoms with Gasteiger partial charge in [-0.15, -0.1) is 0 Å². The molecule has 0 aliphatic carbocycles. The Hall–Kier alpha value is -4.59. The van der Waals surface area contributed by atoms with E-state index in [2.05, 4.69) is 0 Å². The van der Waals surface area contributed by atoms with Crippen molar-refractivity contribution < 1.29 is 33.7 Å². The minimum absolute atomic E-state index is 0.000547. The third-order valence-electron chi connectivity index (χ3n) is 6.60. The summed E-state index contributed by atoms with van der Waals surface area (Å²) in [4.78, 5) is 40.4. The quantitative estimate of drug-likeness (QED) is 0.209. The lowest BCUT2D eigenvalue weighted by Crippen LogP contribution is -2.29. The van der Waals surface area contributed by atoms with Crippen molar-refractivity contribution in [1.82, 2.24) is 4.90 Å². The fraction of sp³-hybridized carbons (Fsp3) is 0.258. The van der Waals surface area contributed by atoms with Crippen molar-refractivity contribution in [2.24, 2.45) is 0 Å². The number of aryl methyl sites for hydroxylation is 1. The molecule has 39 heavy (non-hydrogen) atoms. The second kappa shape index (κ2) is 10.6. The summed E-state index contributed by atoms with van der Waals surface area (Å²) in [5, 5.41) is 11.4. The fourth-order valence-corrected chi connectivity index (χ4v) is 4.80. The number of Topliss-reactive ketones (excluding diaryl/α,β-unsaturated/α-hetero) is 1. The summed E-state index contributed by atoms with van der Waals surface area (Å²) < 4.78 is 16.5. The van der Waals surface area contributed by atoms with E-state index in [1.54, 1.807) is 56.3 Å². The molecule has 1 saturated heterocycles. The smallest absolute Gasteiger partial charge is 0.338 e. The molecule has 3 aromatic rings. The second-order valence-corrected chi connectivity index (χ2v) is 9.85. The maximum absolute atomic E-state index is 13.4. The highest BCUT2D eigenvalue weighted by molar-refractivity contribution is 6.46. The highest BCUT2D eigenvalue weighted by Crippen LogP contribution is 2.42. The molecule has 1 amide bonds. The molecule has 0 saturated carbocycles. The maximum atomic E-state index is 13.4. The molecule has 8 heteroatoms. The molecule has 2 aliphatic heterocycles. The van der Waals surface area contributed by atoms with Gasteiger partial charge in [0.05, 0.1) is 23.3 Å². The lowest BCUT2D eigenvalue weighted by Gasteiger charge is -2.26. The van der Waals surface area contributed by atoms with Crippen LogP contribution in [0.25, 0.3) is 5.76 Å². The third kappa shape index (κ3) is 5.23. The minimum atomic E-state index is -0.816. The fourth-order valence-electron chi connectivity index (χ4n) is 4.80. The summed E-state index contributed by atoms with van der Waals surface area (Å²) >= 11 is 0. The first-order chi connectivity index (χ1) is 18.7. The first-order valence-corrected chi connectivity index (χ1v) is 12.8. The molecular weight excluding hydrogens is 498 g/mol. The highest BCUT2D eigenvalue weighted by atomic mass is 16.6. The lowest BCUT2D eigenvalue weighted by atomic mass is 9.94. The van der Waals surface area contributed by atoms with E-state index in [1.165, 1.54) is 4.90 Å². The number of hydrogen-bond donors (Lipinski definition) is 1. The van der Waals surface area contributed by atoms with Crippen molar-refractivity contribution in [3.8, 4) is 11.5 Å². The average molecular weight is 528 g/mol. The lowest BCUT2D eigenvalue weighted by molar-refractivity contribution is -0.140. The Morgan fingerprint density at radius 1 is 0.974 bits per heavy atom. The number of nitrogens with zero attached hydrogens (tertiary/aromatic N) is 1. The second-order valence-electron chi connectivity index (χ2n) is 9.85. The van der Waals surface area contributed by atoms with Crippen LogP contribution < -0.4 is 9.47 Å². The van der Waals surface area contributed by atoms with Gasteiger partial charge in [0.1, 0.15) is 19.0 Å². The van der Waals surface area contributed by atoms with Crippen molar-refractivity contribution in [3.05, 3.63) is 100 Å². The zero-order valence-electron chi connectivity index (χ0n) is 22.0. The number of aliphatic hydroxyl groups excluding tert-OH is 1. The van der Waals surface area contributed by atoms with Gasteiger partial charge in [0.25, 0.3) is 11.7 Å². The van der Waals surface area contributed by atoms with Crippen LogP contribution in [0.3, 0.4) is 0 Å². The molecular formula is C31H29NO7. The van der Waals surface area contributed by atoms with Gasteiger partial charge in [0.2, 0.25) is 0 Å². The van der Waals surface area contributed by atoms with Gasteiger partial charge in [-0.25, -0.2) is 4.79 Å². The van der Waals surface area contributed by atoms with Crippen LogP contribution >= 0.6 is 0 Å². The molecule has 0 aromatic heterocycles. The van der Waals surface area contributed by atoms with Gasteiger partial charge >= 0.3 is 5.97 Å². The predicted octanol–water partition coefficient (Wildman–Crippen LogP) is 4.95. The van der Waals surface area contributed by atoms with Gasteiger partial charge in [-0.3, -0.25) is 9.59 Å². The van der Waals surface area contributed by atoms with Crippen LogP contribution in [0.1, 0.15) is 52.5 Å². The summed E-state index contributed by atoms with van der Waals surface area (Å²) in [6.45, 7) is 6.38. The molecule has 1 fully saturated rings. The number of amides is 1. The van der Waals surface area contributed by atoms with E-state index in [0.29, 0.717) is 41.4 Å². The van der Waals surface area contributed by atoms with Gasteiger partial charge < -0.3 is 24.2 Å². The number of benzene rings is 3. The highest BCUT2D eigenvalue weighted by Gasteiger charge is 2.46. The Kier molecular flexibility index (Phi) is 7.11. The normalized spacial score (nSPS) is 17.9. The Balaban J connectivity index is 1.54. The monoisotopic (exact) mass is 527 g/mol. The number of hydrogen-bond acceptors (Lipinski definition) is 7. The topological polar surface area (TPSA) is 102 Å². The molecule has 3 aromatic carbocycles. The first kappa shape index (κ1) is 26.0. The molecule has 2 aliphatic rings. The standard InChI is InChI=1S/C31H29NO7/c1-18(2)39-31(36)21-9-7-20(8-10-21)17-32-27(22-6-4-5-19(3)15-22)26(29(34)30(32)35)28(33)23-11-12-24-25(16-23)38-14-13-37-24/h4-12,15-16,18,27,33H,13-14,17H2,1-3H3/b28-26-. The van der Waals surface area contributed by atoms with E-state index in [-0.39, 0.29) is 24.0 Å². The maximum Gasteiger partial charge on any atom is 0.338 e. The Morgan fingerprint density at radius 2 is 1.67 bits per heavy atom. The Morgan fingerprint density at radius 3 is 2.36 bits per heavy atom. The number of ether oxygens (including phenoxy) is 3. The van der Waals surface area contributed by atoms with E-state index in [9.17, 15) is 19.5 Å². The summed E-state index contributed by atoms with van der Waals surface area (Å²) in [5.41, 5.74) is 3.11. The Bertz CT molecular complexity index is 1470. The molecule has 0 bridgehead atoms. The van der Waals surface area contributed by atoms with Crippen LogP contribution in [-0.4, -0.2) is 47.0 Å². The summed E-state index contributed by atoms with van der Waals surface area (Å²) in [6.07, 6.45) is -0.243. The summed E-state index contributed by atoms with van der Waals surface area (Å²) in [6, 6.07) is 18.3. The third-order valence-corrected chi connectivity index (χ3v) is 6.60. The zero-order chi connectivity index (χ0) is 27.7. The number of ketones is 1. The van der Waals surface area contributed by atoms with Gasteiger partial charge in [0.15, 0.2) is 11.5 Å². The molecule has 5 rings (SSSR count). The number of likely N-dealkylation sites (tertiary alicyclic amines) is 1. The van der Waals surface area contributed by atoms with Gasteiger partial charge in [0, 0.05) is 12.1 Å². The van der Waals surface area contributed by atoms with E-state index in [4.69, 9.17) is 14.2 Å². The molecule has 1 unspecified atom stereocenters. The molecule has 8 nitrogen and oxygen atoms in total. The van der Waals surface area contributed by atoms with E-state index < -0.39 is 23.7 Å². The molecule has 0 radical (unpaired) electrons. The molecule has 1 atom stereocenters. The van der Waals surface area contributed by atoms with Crippen LogP contribution in [-0.2, 0) is 20.9 Å². The molecule has 1 N–H and O–H groups in total. The number of rotatable bonds is 6. The summed E-state index contributed by atoms with van der Waals surface area (Å²) in [7, 11) is 0. The van der Waals surface area contributed by atoms with Crippen LogP contribution in [0, 0.1) is 6.92 Å². The first-order valence-electron chi connectivity index (χ1n) is 12.8. The largest absolute Gasteiger partial charge is 0.507 e. The van der Waals surface area contributed by atoms with Crippen LogP contribution in [0.5, 0.6) is 11.5 Å². The van der Waals surface area contributed by atoms with Gasteiger partial charge in [-0.05, 0) is 62.2 Å². The van der Waals surface area contributed by atoms with E-state index in [1.807, 2.05) is 31.2 Å². The number of aliphatic hydroxyl groups is 1. The zero-order valence-corrected chi connectivity index (χ0v) is 22.0. The Labute approximate surface area is 226 Å². The number of fused-ring (bicyclic) bond motifs is 1. The van der Waals surface area contributed by atoms with Crippen molar-refractivity contribution >= 4 is 23.4 Å². The number of esters is 1. The van der Waals surface area contributed by atoms with Crippen molar-refractivity contribution in [1.29, 1.82) is 0 Å². The predicted molar refractivity (Wildman–Crippen MR) is 143 cm³/mol. The summed E-state index contributed by atoms with van der Waals surface area (Å²) in [5.74, 6) is -1.20. The van der Waals surface area contributed by atoms with Crippen LogP contribution in [0.15, 0.2) is 72.3 Å². The SMILES string of the molecule is Cc1cccc(C2/C(=C(/O)c3ccc4c(c3)OCCO4)C(=O)C(=O)N2Cc2ccc(C(=O)OC(C)C)cc2)c1. The van der Waals surface area contributed by atoms with Crippen LogP contribution in [0.2, 0.25) is 0 Å². The van der Waals surface area contributed by atoms with Gasteiger partial charge in [-0.1, -0.05) is 42.0 Å². The molecule has 0 spiro atoms. The van der Waals surface area contributed by atoms with E-state index >= 15 is 0 Å². The van der Waals surface area contributed by atoms with Gasteiger partial charge in [-0.2, -0.15) is 0 Å². The average Bonchev–Trinajstić information content (AvgIpc) is 3.17. The molecule has 200 valence electrons. The van der Waals surface area contributed by atoms with Crippen molar-refractivity contribution in [2.75, 3.05) is 13.2 Å². The van der Waals surface area contributed by atoms with E-state index in [0.717, 1.165) is 11.1 Å². The van der Waals surface area contributed by atoms with Crippen LogP contribution in [0.4, 0.5) is 0 Å². The number of carbonyl (C=O) groups is 3. The molecule has 2 heterocycles. The minimum Gasteiger partial charge on any atom is -0.507 e. The van der Waals surface area contributed by atoms with Crippen molar-refractivity contribution in [2.45, 2.75) is 39.5 Å².